The zero-order chi connectivity index (χ0) is 19.4. The smallest absolute Gasteiger partial charge is 0.341 e. The summed E-state index contributed by atoms with van der Waals surface area (Å²) in [6, 6.07) is 15.2. The van der Waals surface area contributed by atoms with Gasteiger partial charge in [-0.1, -0.05) is 43.3 Å². The van der Waals surface area contributed by atoms with Gasteiger partial charge in [-0.2, -0.15) is 0 Å². The molecule has 0 radical (unpaired) electrons. The molecule has 0 aliphatic carbocycles. The van der Waals surface area contributed by atoms with Crippen molar-refractivity contribution in [2.24, 2.45) is 0 Å². The fourth-order valence-electron chi connectivity index (χ4n) is 2.70. The second kappa shape index (κ2) is 8.50. The second-order valence-electron chi connectivity index (χ2n) is 5.83. The molecule has 0 bridgehead atoms. The summed E-state index contributed by atoms with van der Waals surface area (Å²) in [5.41, 5.74) is 3.74. The highest BCUT2D eigenvalue weighted by Crippen LogP contribution is 2.36. The number of nitrogens with one attached hydrogen (secondary N) is 1. The van der Waals surface area contributed by atoms with Gasteiger partial charge in [-0.05, 0) is 45.6 Å². The van der Waals surface area contributed by atoms with Crippen LogP contribution in [-0.2, 0) is 11.2 Å². The summed E-state index contributed by atoms with van der Waals surface area (Å²) in [7, 11) is 1.34. The number of carbonyl (C=O) groups is 2. The molecule has 2 aromatic carbocycles. The van der Waals surface area contributed by atoms with E-state index in [1.165, 1.54) is 24.0 Å². The minimum absolute atomic E-state index is 0.289. The van der Waals surface area contributed by atoms with Crippen molar-refractivity contribution >= 4 is 44.1 Å². The maximum atomic E-state index is 12.6. The molecule has 1 aromatic heterocycles. The van der Waals surface area contributed by atoms with E-state index in [-0.39, 0.29) is 5.91 Å². The minimum Gasteiger partial charge on any atom is -0.465 e. The standard InChI is InChI=1S/C21H18BrNO3S/c1-3-13-8-10-14(11-9-13)16-12-27-20(18(16)21(25)26-2)23-19(24)15-6-4-5-7-17(15)22/h4-12H,3H2,1-2H3,(H,23,24). The number of halogens is 1. The summed E-state index contributed by atoms with van der Waals surface area (Å²) < 4.78 is 5.65. The number of rotatable bonds is 5. The number of aryl methyl sites for hydroxylation is 1. The number of carbonyl (C=O) groups excluding carboxylic acids is 2. The molecule has 0 aliphatic heterocycles. The van der Waals surface area contributed by atoms with Crippen LogP contribution >= 0.6 is 27.3 Å². The van der Waals surface area contributed by atoms with E-state index < -0.39 is 5.97 Å². The van der Waals surface area contributed by atoms with Crippen molar-refractivity contribution in [2.45, 2.75) is 13.3 Å². The van der Waals surface area contributed by atoms with E-state index in [1.807, 2.05) is 35.7 Å². The van der Waals surface area contributed by atoms with E-state index >= 15 is 0 Å². The van der Waals surface area contributed by atoms with Crippen LogP contribution in [0.2, 0.25) is 0 Å². The fraction of sp³-hybridized carbons (Fsp3) is 0.143. The van der Waals surface area contributed by atoms with Crippen molar-refractivity contribution < 1.29 is 14.3 Å². The molecule has 0 spiro atoms. The van der Waals surface area contributed by atoms with Crippen LogP contribution in [0.5, 0.6) is 0 Å². The number of hydrogen-bond acceptors (Lipinski definition) is 4. The van der Waals surface area contributed by atoms with Crippen LogP contribution < -0.4 is 5.32 Å². The fourth-order valence-corrected chi connectivity index (χ4v) is 4.12. The highest BCUT2D eigenvalue weighted by atomic mass is 79.9. The van der Waals surface area contributed by atoms with Gasteiger partial charge in [0, 0.05) is 15.4 Å². The zero-order valence-electron chi connectivity index (χ0n) is 14.9. The Balaban J connectivity index is 1.98. The first kappa shape index (κ1) is 19.3. The number of hydrogen-bond donors (Lipinski definition) is 1. The molecule has 0 atom stereocenters. The first-order valence-corrected chi connectivity index (χ1v) is 10.1. The summed E-state index contributed by atoms with van der Waals surface area (Å²) >= 11 is 4.68. The molecule has 3 aromatic rings. The quantitative estimate of drug-likeness (QED) is 0.508. The Labute approximate surface area is 170 Å². The highest BCUT2D eigenvalue weighted by molar-refractivity contribution is 9.10. The molecule has 4 nitrogen and oxygen atoms in total. The largest absolute Gasteiger partial charge is 0.465 e. The number of ether oxygens (including phenoxy) is 1. The highest BCUT2D eigenvalue weighted by Gasteiger charge is 2.23. The summed E-state index contributed by atoms with van der Waals surface area (Å²) in [6.07, 6.45) is 0.945. The molecular formula is C21H18BrNO3S. The van der Waals surface area contributed by atoms with E-state index in [0.29, 0.717) is 20.6 Å². The third-order valence-corrected chi connectivity index (χ3v) is 5.79. The van der Waals surface area contributed by atoms with Gasteiger partial charge in [0.1, 0.15) is 10.6 Å². The van der Waals surface area contributed by atoms with Crippen LogP contribution in [0.3, 0.4) is 0 Å². The summed E-state index contributed by atoms with van der Waals surface area (Å²) in [4.78, 5) is 25.1. The first-order chi connectivity index (χ1) is 13.0. The number of methoxy groups -OCH3 is 1. The molecule has 6 heteroatoms. The normalized spacial score (nSPS) is 10.5. The van der Waals surface area contributed by atoms with E-state index in [2.05, 4.69) is 28.2 Å². The lowest BCUT2D eigenvalue weighted by Crippen LogP contribution is -2.14. The third-order valence-electron chi connectivity index (χ3n) is 4.20. The Hall–Kier alpha value is -2.44. The molecule has 1 N–H and O–H groups in total. The molecule has 0 aliphatic rings. The van der Waals surface area contributed by atoms with E-state index in [1.54, 1.807) is 18.2 Å². The Morgan fingerprint density at radius 1 is 1.11 bits per heavy atom. The average molecular weight is 444 g/mol. The molecule has 3 rings (SSSR count). The first-order valence-electron chi connectivity index (χ1n) is 8.40. The molecule has 0 unspecified atom stereocenters. The maximum Gasteiger partial charge on any atom is 0.341 e. The number of esters is 1. The molecule has 0 fully saturated rings. The van der Waals surface area contributed by atoms with Crippen molar-refractivity contribution in [2.75, 3.05) is 12.4 Å². The average Bonchev–Trinajstić information content (AvgIpc) is 3.11. The van der Waals surface area contributed by atoms with Gasteiger partial charge in [0.05, 0.1) is 12.7 Å². The summed E-state index contributed by atoms with van der Waals surface area (Å²) in [6.45, 7) is 2.09. The van der Waals surface area contributed by atoms with Crippen LogP contribution in [0.15, 0.2) is 58.4 Å². The zero-order valence-corrected chi connectivity index (χ0v) is 17.3. The SMILES string of the molecule is CCc1ccc(-c2csc(NC(=O)c3ccccc3Br)c2C(=O)OC)cc1. The second-order valence-corrected chi connectivity index (χ2v) is 7.56. The van der Waals surface area contributed by atoms with Gasteiger partial charge in [-0.3, -0.25) is 4.79 Å². The van der Waals surface area contributed by atoms with Crippen LogP contribution in [-0.4, -0.2) is 19.0 Å². The van der Waals surface area contributed by atoms with Crippen LogP contribution in [0.1, 0.15) is 33.2 Å². The lowest BCUT2D eigenvalue weighted by molar-refractivity contribution is 0.0603. The number of anilines is 1. The molecule has 1 heterocycles. The van der Waals surface area contributed by atoms with Crippen LogP contribution in [0.4, 0.5) is 5.00 Å². The van der Waals surface area contributed by atoms with Gasteiger partial charge in [-0.15, -0.1) is 11.3 Å². The molecule has 0 saturated carbocycles. The summed E-state index contributed by atoms with van der Waals surface area (Å²) in [5, 5.41) is 5.18. The van der Waals surface area contributed by atoms with Gasteiger partial charge in [0.2, 0.25) is 0 Å². The molecule has 27 heavy (non-hydrogen) atoms. The van der Waals surface area contributed by atoms with Crippen molar-refractivity contribution in [3.8, 4) is 11.1 Å². The van der Waals surface area contributed by atoms with Crippen molar-refractivity contribution in [1.82, 2.24) is 0 Å². The molecular weight excluding hydrogens is 426 g/mol. The monoisotopic (exact) mass is 443 g/mol. The topological polar surface area (TPSA) is 55.4 Å². The van der Waals surface area contributed by atoms with Crippen molar-refractivity contribution in [3.05, 3.63) is 75.1 Å². The van der Waals surface area contributed by atoms with Gasteiger partial charge < -0.3 is 10.1 Å². The molecule has 1 amide bonds. The molecule has 138 valence electrons. The Morgan fingerprint density at radius 2 is 1.81 bits per heavy atom. The maximum absolute atomic E-state index is 12.6. The Kier molecular flexibility index (Phi) is 6.08. The van der Waals surface area contributed by atoms with Gasteiger partial charge >= 0.3 is 5.97 Å². The third kappa shape index (κ3) is 4.12. The Bertz CT molecular complexity index is 979. The van der Waals surface area contributed by atoms with Crippen molar-refractivity contribution in [3.63, 3.8) is 0 Å². The predicted octanol–water partition coefficient (Wildman–Crippen LogP) is 5.78. The number of benzene rings is 2. The van der Waals surface area contributed by atoms with Gasteiger partial charge in [0.15, 0.2) is 0 Å². The Morgan fingerprint density at radius 3 is 2.44 bits per heavy atom. The predicted molar refractivity (Wildman–Crippen MR) is 113 cm³/mol. The summed E-state index contributed by atoms with van der Waals surface area (Å²) in [5.74, 6) is -0.768. The minimum atomic E-state index is -0.478. The van der Waals surface area contributed by atoms with E-state index in [0.717, 1.165) is 17.5 Å². The number of amides is 1. The lowest BCUT2D eigenvalue weighted by Gasteiger charge is -2.09. The molecule has 0 saturated heterocycles. The van der Waals surface area contributed by atoms with E-state index in [9.17, 15) is 9.59 Å². The van der Waals surface area contributed by atoms with Crippen molar-refractivity contribution in [1.29, 1.82) is 0 Å². The van der Waals surface area contributed by atoms with Gasteiger partial charge in [0.25, 0.3) is 5.91 Å². The van der Waals surface area contributed by atoms with E-state index in [4.69, 9.17) is 4.74 Å². The van der Waals surface area contributed by atoms with Crippen LogP contribution in [0, 0.1) is 0 Å². The van der Waals surface area contributed by atoms with Crippen LogP contribution in [0.25, 0.3) is 11.1 Å². The lowest BCUT2D eigenvalue weighted by atomic mass is 10.0. The number of thiophene rings is 1. The van der Waals surface area contributed by atoms with Gasteiger partial charge in [-0.25, -0.2) is 4.79 Å².